The van der Waals surface area contributed by atoms with Crippen LogP contribution in [0.5, 0.6) is 0 Å². The maximum Gasteiger partial charge on any atom is 0.255 e. The van der Waals surface area contributed by atoms with E-state index in [1.165, 1.54) is 0 Å². The summed E-state index contributed by atoms with van der Waals surface area (Å²) in [6.45, 7) is 2.70. The Hall–Kier alpha value is -0.820. The summed E-state index contributed by atoms with van der Waals surface area (Å²) < 4.78 is 0.847. The molecule has 1 fully saturated rings. The molecule has 19 heavy (non-hydrogen) atoms. The van der Waals surface area contributed by atoms with Crippen LogP contribution in [0.2, 0.25) is 5.02 Å². The number of carbonyl (C=O) groups excluding carboxylic acids is 2. The normalized spacial score (nSPS) is 22.6. The quantitative estimate of drug-likeness (QED) is 0.785. The largest absolute Gasteiger partial charge is 0.369 e. The highest BCUT2D eigenvalue weighted by molar-refractivity contribution is 14.1. The Morgan fingerprint density at radius 3 is 2.74 bits per heavy atom. The topological polar surface area (TPSA) is 63.4 Å². The smallest absolute Gasteiger partial charge is 0.255 e. The highest BCUT2D eigenvalue weighted by Gasteiger charge is 2.41. The Morgan fingerprint density at radius 1 is 1.47 bits per heavy atom. The van der Waals surface area contributed by atoms with Crippen molar-refractivity contribution in [1.82, 2.24) is 4.90 Å². The van der Waals surface area contributed by atoms with Gasteiger partial charge in [-0.15, -0.1) is 0 Å². The third-order valence-corrected chi connectivity index (χ3v) is 4.69. The molecule has 102 valence electrons. The summed E-state index contributed by atoms with van der Waals surface area (Å²) in [6, 6.07) is 5.21. The molecule has 2 rings (SSSR count). The van der Waals surface area contributed by atoms with E-state index < -0.39 is 5.41 Å². The monoisotopic (exact) mass is 392 g/mol. The molecule has 1 unspecified atom stereocenters. The fourth-order valence-corrected chi connectivity index (χ4v) is 2.91. The molecule has 0 aromatic heterocycles. The van der Waals surface area contributed by atoms with Crippen molar-refractivity contribution in [2.24, 2.45) is 11.1 Å². The lowest BCUT2D eigenvalue weighted by atomic mass is 9.89. The molecule has 0 spiro atoms. The average Bonchev–Trinajstić information content (AvgIpc) is 2.76. The second kappa shape index (κ2) is 5.28. The van der Waals surface area contributed by atoms with Crippen LogP contribution in [0.15, 0.2) is 18.2 Å². The number of hydrogen-bond acceptors (Lipinski definition) is 2. The van der Waals surface area contributed by atoms with Gasteiger partial charge in [-0.2, -0.15) is 0 Å². The number of hydrogen-bond donors (Lipinski definition) is 1. The summed E-state index contributed by atoms with van der Waals surface area (Å²) in [4.78, 5) is 25.5. The lowest BCUT2D eigenvalue weighted by Crippen LogP contribution is -2.38. The van der Waals surface area contributed by atoms with Crippen LogP contribution in [0, 0.1) is 8.99 Å². The van der Waals surface area contributed by atoms with Gasteiger partial charge in [-0.1, -0.05) is 11.6 Å². The van der Waals surface area contributed by atoms with Crippen molar-refractivity contribution in [2.75, 3.05) is 13.1 Å². The molecule has 4 nitrogen and oxygen atoms in total. The lowest BCUT2D eigenvalue weighted by molar-refractivity contribution is -0.126. The molecule has 1 aromatic rings. The predicted octanol–water partition coefficient (Wildman–Crippen LogP) is 2.28. The van der Waals surface area contributed by atoms with Crippen molar-refractivity contribution in [3.8, 4) is 0 Å². The summed E-state index contributed by atoms with van der Waals surface area (Å²) in [5, 5.41) is 0.528. The van der Waals surface area contributed by atoms with Gasteiger partial charge in [-0.25, -0.2) is 0 Å². The van der Waals surface area contributed by atoms with Crippen LogP contribution < -0.4 is 5.73 Å². The Labute approximate surface area is 130 Å². The van der Waals surface area contributed by atoms with Crippen LogP contribution in [0.1, 0.15) is 23.7 Å². The van der Waals surface area contributed by atoms with E-state index in [4.69, 9.17) is 17.3 Å². The molecule has 1 aliphatic heterocycles. The first kappa shape index (κ1) is 14.6. The van der Waals surface area contributed by atoms with E-state index in [1.54, 1.807) is 30.0 Å². The number of likely N-dealkylation sites (tertiary alicyclic amines) is 1. The van der Waals surface area contributed by atoms with E-state index in [0.29, 0.717) is 30.1 Å². The third-order valence-electron chi connectivity index (χ3n) is 3.51. The molecule has 6 heteroatoms. The van der Waals surface area contributed by atoms with Crippen molar-refractivity contribution in [3.63, 3.8) is 0 Å². The summed E-state index contributed by atoms with van der Waals surface area (Å²) in [5.74, 6) is -0.458. The second-order valence-electron chi connectivity index (χ2n) is 5.03. The van der Waals surface area contributed by atoms with E-state index in [2.05, 4.69) is 22.6 Å². The van der Waals surface area contributed by atoms with Crippen LogP contribution in [-0.4, -0.2) is 29.8 Å². The zero-order valence-corrected chi connectivity index (χ0v) is 13.4. The van der Waals surface area contributed by atoms with Crippen molar-refractivity contribution in [3.05, 3.63) is 32.4 Å². The van der Waals surface area contributed by atoms with E-state index in [0.717, 1.165) is 3.57 Å². The molecule has 1 aromatic carbocycles. The van der Waals surface area contributed by atoms with Gasteiger partial charge in [0.05, 0.1) is 11.0 Å². The van der Waals surface area contributed by atoms with Crippen LogP contribution in [-0.2, 0) is 4.79 Å². The zero-order chi connectivity index (χ0) is 14.2. The van der Waals surface area contributed by atoms with Crippen molar-refractivity contribution < 1.29 is 9.59 Å². The van der Waals surface area contributed by atoms with Gasteiger partial charge in [0.15, 0.2) is 0 Å². The maximum atomic E-state index is 12.4. The van der Waals surface area contributed by atoms with E-state index in [1.807, 2.05) is 0 Å². The second-order valence-corrected chi connectivity index (χ2v) is 6.62. The average molecular weight is 393 g/mol. The van der Waals surface area contributed by atoms with E-state index in [-0.39, 0.29) is 11.8 Å². The van der Waals surface area contributed by atoms with Gasteiger partial charge in [0.2, 0.25) is 5.91 Å². The number of amides is 2. The van der Waals surface area contributed by atoms with Crippen molar-refractivity contribution >= 4 is 46.0 Å². The Kier molecular flexibility index (Phi) is 4.06. The standard InChI is InChI=1S/C13H14ClIN2O2/c1-13(12(16)19)4-5-17(7-13)11(18)9-6-8(14)2-3-10(9)15/h2-3,6H,4-5,7H2,1H3,(H2,16,19). The minimum atomic E-state index is -0.625. The van der Waals surface area contributed by atoms with E-state index >= 15 is 0 Å². The lowest BCUT2D eigenvalue weighted by Gasteiger charge is -2.21. The molecule has 0 aliphatic carbocycles. The number of rotatable bonds is 2. The Balaban J connectivity index is 2.22. The van der Waals surface area contributed by atoms with Gasteiger partial charge < -0.3 is 10.6 Å². The highest BCUT2D eigenvalue weighted by atomic mass is 127. The molecule has 1 aliphatic rings. The van der Waals surface area contributed by atoms with E-state index in [9.17, 15) is 9.59 Å². The summed E-state index contributed by atoms with van der Waals surface area (Å²) in [6.07, 6.45) is 0.602. The summed E-state index contributed by atoms with van der Waals surface area (Å²) >= 11 is 8.03. The molecule has 1 atom stereocenters. The number of carbonyl (C=O) groups is 2. The van der Waals surface area contributed by atoms with Gasteiger partial charge in [-0.3, -0.25) is 9.59 Å². The zero-order valence-electron chi connectivity index (χ0n) is 10.5. The maximum absolute atomic E-state index is 12.4. The molecule has 1 heterocycles. The minimum absolute atomic E-state index is 0.100. The van der Waals surface area contributed by atoms with Gasteiger partial charge in [0, 0.05) is 21.7 Å². The SMILES string of the molecule is CC1(C(N)=O)CCN(C(=O)c2cc(Cl)ccc2I)C1. The third kappa shape index (κ3) is 2.86. The molecule has 0 bridgehead atoms. The predicted molar refractivity (Wildman–Crippen MR) is 82.0 cm³/mol. The molecule has 0 saturated carbocycles. The van der Waals surface area contributed by atoms with Gasteiger partial charge in [0.1, 0.15) is 0 Å². The van der Waals surface area contributed by atoms with Gasteiger partial charge >= 0.3 is 0 Å². The van der Waals surface area contributed by atoms with Gasteiger partial charge in [0.25, 0.3) is 5.91 Å². The first-order valence-corrected chi connectivity index (χ1v) is 7.33. The first-order valence-electron chi connectivity index (χ1n) is 5.88. The molecular weight excluding hydrogens is 379 g/mol. The Bertz CT molecular complexity index is 549. The molecule has 1 saturated heterocycles. The molecular formula is C13H14ClIN2O2. The summed E-state index contributed by atoms with van der Waals surface area (Å²) in [7, 11) is 0. The van der Waals surface area contributed by atoms with Crippen LogP contribution in [0.25, 0.3) is 0 Å². The number of halogens is 2. The number of benzene rings is 1. The number of nitrogens with zero attached hydrogens (tertiary/aromatic N) is 1. The number of nitrogens with two attached hydrogens (primary N) is 1. The molecule has 2 amide bonds. The van der Waals surface area contributed by atoms with Crippen LogP contribution in [0.3, 0.4) is 0 Å². The fraction of sp³-hybridized carbons (Fsp3) is 0.385. The minimum Gasteiger partial charge on any atom is -0.369 e. The van der Waals surface area contributed by atoms with Crippen LogP contribution in [0.4, 0.5) is 0 Å². The highest BCUT2D eigenvalue weighted by Crippen LogP contribution is 2.31. The van der Waals surface area contributed by atoms with Crippen molar-refractivity contribution in [1.29, 1.82) is 0 Å². The molecule has 2 N–H and O–H groups in total. The fourth-order valence-electron chi connectivity index (χ4n) is 2.17. The number of primary amides is 1. The van der Waals surface area contributed by atoms with Gasteiger partial charge in [-0.05, 0) is 54.1 Å². The first-order chi connectivity index (χ1) is 8.83. The Morgan fingerprint density at radius 2 is 2.16 bits per heavy atom. The van der Waals surface area contributed by atoms with Crippen molar-refractivity contribution in [2.45, 2.75) is 13.3 Å². The summed E-state index contributed by atoms with van der Waals surface area (Å²) in [5.41, 5.74) is 5.33. The van der Waals surface area contributed by atoms with Crippen LogP contribution >= 0.6 is 34.2 Å². The molecule has 0 radical (unpaired) electrons.